The third-order valence-electron chi connectivity index (χ3n) is 5.90. The van der Waals surface area contributed by atoms with Crippen LogP contribution in [0.4, 0.5) is 0 Å². The Bertz CT molecular complexity index is 838. The topological polar surface area (TPSA) is 75.6 Å². The van der Waals surface area contributed by atoms with Crippen molar-refractivity contribution in [3.8, 4) is 0 Å². The summed E-state index contributed by atoms with van der Waals surface area (Å²) in [7, 11) is 0. The average Bonchev–Trinajstić information content (AvgIpc) is 2.83. The lowest BCUT2D eigenvalue weighted by molar-refractivity contribution is -0.141. The van der Waals surface area contributed by atoms with Gasteiger partial charge in [0.05, 0.1) is 18.4 Å². The Hall–Kier alpha value is -2.80. The summed E-state index contributed by atoms with van der Waals surface area (Å²) in [6.45, 7) is 3.09. The first-order chi connectivity index (χ1) is 14.7. The molecule has 2 aromatic heterocycles. The number of hydrogen-bond acceptors (Lipinski definition) is 5. The number of likely N-dealkylation sites (tertiary alicyclic amines) is 2. The number of carbonyl (C=O) groups excluding carboxylic acids is 2. The number of amides is 2. The highest BCUT2D eigenvalue weighted by Crippen LogP contribution is 2.24. The monoisotopic (exact) mass is 408 g/mol. The second-order valence-corrected chi connectivity index (χ2v) is 7.96. The molecule has 4 heterocycles. The molecule has 4 rings (SSSR count). The van der Waals surface area contributed by atoms with Crippen LogP contribution in [0, 0.1) is 5.92 Å². The summed E-state index contributed by atoms with van der Waals surface area (Å²) in [5, 5.41) is 0. The maximum absolute atomic E-state index is 13.1. The van der Waals surface area contributed by atoms with E-state index in [4.69, 9.17) is 4.74 Å². The van der Waals surface area contributed by atoms with Crippen molar-refractivity contribution in [3.05, 3.63) is 60.2 Å². The Kier molecular flexibility index (Phi) is 6.69. The highest BCUT2D eigenvalue weighted by molar-refractivity contribution is 5.92. The zero-order valence-corrected chi connectivity index (χ0v) is 17.2. The predicted molar refractivity (Wildman–Crippen MR) is 111 cm³/mol. The molecule has 2 saturated heterocycles. The first kappa shape index (κ1) is 20.5. The Morgan fingerprint density at radius 1 is 0.933 bits per heavy atom. The van der Waals surface area contributed by atoms with Crippen molar-refractivity contribution in [2.45, 2.75) is 38.4 Å². The number of pyridine rings is 2. The fraction of sp³-hybridized carbons (Fsp3) is 0.478. The van der Waals surface area contributed by atoms with Crippen LogP contribution in [-0.2, 0) is 16.1 Å². The molecule has 2 aromatic rings. The van der Waals surface area contributed by atoms with Gasteiger partial charge in [-0.3, -0.25) is 19.6 Å². The van der Waals surface area contributed by atoms with Gasteiger partial charge in [0, 0.05) is 44.5 Å². The summed E-state index contributed by atoms with van der Waals surface area (Å²) in [6, 6.07) is 11.1. The lowest BCUT2D eigenvalue weighted by Gasteiger charge is -2.37. The maximum Gasteiger partial charge on any atom is 0.272 e. The molecule has 0 bridgehead atoms. The molecule has 0 N–H and O–H groups in total. The summed E-state index contributed by atoms with van der Waals surface area (Å²) in [5.41, 5.74) is 1.37. The zero-order chi connectivity index (χ0) is 20.8. The summed E-state index contributed by atoms with van der Waals surface area (Å²) in [4.78, 5) is 37.8. The van der Waals surface area contributed by atoms with Gasteiger partial charge >= 0.3 is 0 Å². The van der Waals surface area contributed by atoms with E-state index in [-0.39, 0.29) is 23.8 Å². The molecular weight excluding hydrogens is 380 g/mol. The van der Waals surface area contributed by atoms with E-state index < -0.39 is 0 Å². The third-order valence-corrected chi connectivity index (χ3v) is 5.90. The summed E-state index contributed by atoms with van der Waals surface area (Å²) >= 11 is 0. The minimum atomic E-state index is -0.0533. The molecule has 2 aliphatic heterocycles. The van der Waals surface area contributed by atoms with Gasteiger partial charge in [0.25, 0.3) is 5.91 Å². The van der Waals surface area contributed by atoms with Crippen LogP contribution in [0.1, 0.15) is 41.9 Å². The molecule has 2 fully saturated rings. The van der Waals surface area contributed by atoms with Gasteiger partial charge < -0.3 is 14.5 Å². The Morgan fingerprint density at radius 2 is 1.70 bits per heavy atom. The molecule has 0 aromatic carbocycles. The second-order valence-electron chi connectivity index (χ2n) is 7.96. The van der Waals surface area contributed by atoms with E-state index in [1.807, 2.05) is 29.2 Å². The molecule has 158 valence electrons. The third kappa shape index (κ3) is 5.02. The Balaban J connectivity index is 1.26. The van der Waals surface area contributed by atoms with Crippen LogP contribution in [0.25, 0.3) is 0 Å². The van der Waals surface area contributed by atoms with Gasteiger partial charge in [-0.25, -0.2) is 0 Å². The molecule has 30 heavy (non-hydrogen) atoms. The number of hydrogen-bond donors (Lipinski definition) is 0. The van der Waals surface area contributed by atoms with E-state index in [0.717, 1.165) is 25.1 Å². The predicted octanol–water partition coefficient (Wildman–Crippen LogP) is 2.54. The van der Waals surface area contributed by atoms with E-state index in [9.17, 15) is 9.59 Å². The minimum absolute atomic E-state index is 0.0210. The first-order valence-corrected chi connectivity index (χ1v) is 10.7. The lowest BCUT2D eigenvalue weighted by atomic mass is 9.94. The number of ether oxygens (including phenoxy) is 1. The summed E-state index contributed by atoms with van der Waals surface area (Å²) in [6.07, 6.45) is 6.77. The number of piperidine rings is 2. The van der Waals surface area contributed by atoms with Crippen LogP contribution in [0.5, 0.6) is 0 Å². The van der Waals surface area contributed by atoms with Crippen molar-refractivity contribution in [1.29, 1.82) is 0 Å². The van der Waals surface area contributed by atoms with Gasteiger partial charge in [-0.05, 0) is 49.9 Å². The molecule has 0 saturated carbocycles. The lowest BCUT2D eigenvalue weighted by Crippen LogP contribution is -2.48. The Morgan fingerprint density at radius 3 is 2.40 bits per heavy atom. The van der Waals surface area contributed by atoms with Gasteiger partial charge in [-0.1, -0.05) is 12.1 Å². The Labute approximate surface area is 177 Å². The van der Waals surface area contributed by atoms with Crippen LogP contribution in [-0.4, -0.2) is 63.9 Å². The van der Waals surface area contributed by atoms with E-state index in [1.165, 1.54) is 0 Å². The van der Waals surface area contributed by atoms with Crippen molar-refractivity contribution >= 4 is 11.8 Å². The van der Waals surface area contributed by atoms with Gasteiger partial charge in [0.15, 0.2) is 0 Å². The number of aromatic nitrogens is 2. The normalized spacial score (nSPS) is 20.2. The smallest absolute Gasteiger partial charge is 0.272 e. The first-order valence-electron chi connectivity index (χ1n) is 10.7. The number of nitrogens with zero attached hydrogens (tertiary/aromatic N) is 4. The molecule has 1 unspecified atom stereocenters. The fourth-order valence-corrected chi connectivity index (χ4v) is 4.20. The van der Waals surface area contributed by atoms with E-state index in [1.54, 1.807) is 29.4 Å². The van der Waals surface area contributed by atoms with E-state index in [2.05, 4.69) is 9.97 Å². The second kappa shape index (κ2) is 9.80. The van der Waals surface area contributed by atoms with Crippen LogP contribution in [0.3, 0.4) is 0 Å². The average molecular weight is 409 g/mol. The number of carbonyl (C=O) groups is 2. The van der Waals surface area contributed by atoms with E-state index >= 15 is 0 Å². The molecule has 2 amide bonds. The quantitative estimate of drug-likeness (QED) is 0.760. The molecule has 0 aliphatic carbocycles. The molecular formula is C23H28N4O3. The van der Waals surface area contributed by atoms with Crippen molar-refractivity contribution < 1.29 is 14.3 Å². The van der Waals surface area contributed by atoms with Crippen LogP contribution >= 0.6 is 0 Å². The van der Waals surface area contributed by atoms with Gasteiger partial charge in [-0.2, -0.15) is 0 Å². The molecule has 7 heteroatoms. The molecule has 2 aliphatic rings. The largest absolute Gasteiger partial charge is 0.370 e. The zero-order valence-electron chi connectivity index (χ0n) is 17.2. The summed E-state index contributed by atoms with van der Waals surface area (Å²) < 4.78 is 6.02. The molecule has 7 nitrogen and oxygen atoms in total. The van der Waals surface area contributed by atoms with Crippen LogP contribution in [0.15, 0.2) is 48.8 Å². The molecule has 1 atom stereocenters. The van der Waals surface area contributed by atoms with Gasteiger partial charge in [-0.15, -0.1) is 0 Å². The van der Waals surface area contributed by atoms with E-state index in [0.29, 0.717) is 44.8 Å². The molecule has 0 radical (unpaired) electrons. The van der Waals surface area contributed by atoms with Gasteiger partial charge in [0.2, 0.25) is 5.91 Å². The summed E-state index contributed by atoms with van der Waals surface area (Å²) in [5.74, 6) is 0.126. The molecule has 0 spiro atoms. The SMILES string of the molecule is O=C(c1ccccn1)N1CCC(C(=O)N2CCCC(OCc3ccccn3)C2)CC1. The fourth-order valence-electron chi connectivity index (χ4n) is 4.20. The van der Waals surface area contributed by atoms with Gasteiger partial charge in [0.1, 0.15) is 5.69 Å². The van der Waals surface area contributed by atoms with Crippen molar-refractivity contribution in [3.63, 3.8) is 0 Å². The van der Waals surface area contributed by atoms with Crippen molar-refractivity contribution in [1.82, 2.24) is 19.8 Å². The minimum Gasteiger partial charge on any atom is -0.370 e. The highest BCUT2D eigenvalue weighted by Gasteiger charge is 2.33. The number of rotatable bonds is 5. The van der Waals surface area contributed by atoms with Crippen LogP contribution in [0.2, 0.25) is 0 Å². The standard InChI is InChI=1S/C23H28N4O3/c28-22(18-9-14-26(15-10-18)23(29)21-8-2-4-12-25-21)27-13-5-7-20(16-27)30-17-19-6-1-3-11-24-19/h1-4,6,8,11-12,18,20H,5,7,9-10,13-17H2. The maximum atomic E-state index is 13.1. The van der Waals surface area contributed by atoms with Crippen LogP contribution < -0.4 is 0 Å². The van der Waals surface area contributed by atoms with Crippen molar-refractivity contribution in [2.75, 3.05) is 26.2 Å². The van der Waals surface area contributed by atoms with Crippen molar-refractivity contribution in [2.24, 2.45) is 5.92 Å². The highest BCUT2D eigenvalue weighted by atomic mass is 16.5.